The molecule has 0 aliphatic rings. The zero-order valence-corrected chi connectivity index (χ0v) is 11.1. The lowest BCUT2D eigenvalue weighted by atomic mass is 10.0. The minimum Gasteiger partial charge on any atom is -0.394 e. The van der Waals surface area contributed by atoms with E-state index in [-0.39, 0.29) is 18.6 Å². The summed E-state index contributed by atoms with van der Waals surface area (Å²) in [7, 11) is 0. The summed E-state index contributed by atoms with van der Waals surface area (Å²) in [5.41, 5.74) is 1.21. The summed E-state index contributed by atoms with van der Waals surface area (Å²) in [6.07, 6.45) is 3.97. The standard InChI is InChI=1S/C13H18N4O2/c1-9(2)5-11(7-18)15-13(19)10-3-4-12-16-14-8-17(12)6-10/h3-4,6,8-9,11,18H,5,7H2,1-2H3,(H,15,19). The number of fused-ring (bicyclic) bond motifs is 1. The Kier molecular flexibility index (Phi) is 4.11. The van der Waals surface area contributed by atoms with Crippen molar-refractivity contribution >= 4 is 11.6 Å². The highest BCUT2D eigenvalue weighted by molar-refractivity contribution is 5.94. The van der Waals surface area contributed by atoms with Crippen LogP contribution in [0.4, 0.5) is 0 Å². The Balaban J connectivity index is 2.09. The molecule has 0 aliphatic carbocycles. The number of amides is 1. The molecule has 102 valence electrons. The van der Waals surface area contributed by atoms with Crippen molar-refractivity contribution in [2.75, 3.05) is 6.61 Å². The van der Waals surface area contributed by atoms with Crippen molar-refractivity contribution in [3.05, 3.63) is 30.2 Å². The highest BCUT2D eigenvalue weighted by Gasteiger charge is 2.14. The van der Waals surface area contributed by atoms with Crippen LogP contribution in [0.5, 0.6) is 0 Å². The molecule has 2 heterocycles. The van der Waals surface area contributed by atoms with Crippen LogP contribution in [0.25, 0.3) is 5.65 Å². The van der Waals surface area contributed by atoms with Gasteiger partial charge < -0.3 is 10.4 Å². The lowest BCUT2D eigenvalue weighted by Crippen LogP contribution is -2.38. The smallest absolute Gasteiger partial charge is 0.253 e. The Bertz CT molecular complexity index is 565. The van der Waals surface area contributed by atoms with Crippen LogP contribution >= 0.6 is 0 Å². The summed E-state index contributed by atoms with van der Waals surface area (Å²) < 4.78 is 1.69. The largest absolute Gasteiger partial charge is 0.394 e. The number of carbonyl (C=O) groups is 1. The normalized spacial score (nSPS) is 12.8. The van der Waals surface area contributed by atoms with E-state index in [0.717, 1.165) is 6.42 Å². The van der Waals surface area contributed by atoms with E-state index < -0.39 is 0 Å². The third-order valence-corrected chi connectivity index (χ3v) is 2.86. The molecule has 0 fully saturated rings. The molecule has 2 aromatic rings. The molecule has 0 spiro atoms. The number of aromatic nitrogens is 3. The van der Waals surface area contributed by atoms with Gasteiger partial charge in [0.2, 0.25) is 0 Å². The summed E-state index contributed by atoms with van der Waals surface area (Å²) in [6.45, 7) is 4.05. The van der Waals surface area contributed by atoms with Gasteiger partial charge in [0, 0.05) is 6.20 Å². The first kappa shape index (κ1) is 13.5. The Morgan fingerprint density at radius 3 is 2.95 bits per heavy atom. The van der Waals surface area contributed by atoms with Gasteiger partial charge in [-0.05, 0) is 24.5 Å². The topological polar surface area (TPSA) is 79.5 Å². The number of hydrogen-bond donors (Lipinski definition) is 2. The monoisotopic (exact) mass is 262 g/mol. The van der Waals surface area contributed by atoms with Crippen LogP contribution in [0.2, 0.25) is 0 Å². The van der Waals surface area contributed by atoms with Gasteiger partial charge in [0.1, 0.15) is 6.33 Å². The molecule has 0 aliphatic heterocycles. The molecule has 0 bridgehead atoms. The van der Waals surface area contributed by atoms with Crippen LogP contribution < -0.4 is 5.32 Å². The van der Waals surface area contributed by atoms with Gasteiger partial charge >= 0.3 is 0 Å². The van der Waals surface area contributed by atoms with Crippen LogP contribution in [0, 0.1) is 5.92 Å². The van der Waals surface area contributed by atoms with Gasteiger partial charge in [-0.15, -0.1) is 10.2 Å². The van der Waals surface area contributed by atoms with Gasteiger partial charge in [-0.25, -0.2) is 0 Å². The second-order valence-corrected chi connectivity index (χ2v) is 5.00. The molecule has 19 heavy (non-hydrogen) atoms. The van der Waals surface area contributed by atoms with E-state index in [2.05, 4.69) is 29.4 Å². The Hall–Kier alpha value is -1.95. The van der Waals surface area contributed by atoms with Gasteiger partial charge in [-0.2, -0.15) is 0 Å². The molecule has 0 saturated carbocycles. The molecule has 2 rings (SSSR count). The molecule has 6 heteroatoms. The Labute approximate surface area is 111 Å². The van der Waals surface area contributed by atoms with Crippen molar-refractivity contribution in [1.29, 1.82) is 0 Å². The minimum atomic E-state index is -0.218. The molecule has 2 aromatic heterocycles. The molecular formula is C13H18N4O2. The van der Waals surface area contributed by atoms with Crippen molar-refractivity contribution in [3.63, 3.8) is 0 Å². The fourth-order valence-electron chi connectivity index (χ4n) is 1.98. The summed E-state index contributed by atoms with van der Waals surface area (Å²) >= 11 is 0. The maximum absolute atomic E-state index is 12.1. The SMILES string of the molecule is CC(C)CC(CO)NC(=O)c1ccc2nncn2c1. The van der Waals surface area contributed by atoms with Crippen molar-refractivity contribution < 1.29 is 9.90 Å². The molecule has 2 N–H and O–H groups in total. The predicted octanol–water partition coefficient (Wildman–Crippen LogP) is 0.866. The van der Waals surface area contributed by atoms with E-state index in [4.69, 9.17) is 0 Å². The number of hydrogen-bond acceptors (Lipinski definition) is 4. The maximum Gasteiger partial charge on any atom is 0.253 e. The van der Waals surface area contributed by atoms with Crippen molar-refractivity contribution in [2.45, 2.75) is 26.3 Å². The molecule has 6 nitrogen and oxygen atoms in total. The van der Waals surface area contributed by atoms with Gasteiger partial charge in [-0.3, -0.25) is 9.20 Å². The summed E-state index contributed by atoms with van der Waals surface area (Å²) in [5.74, 6) is 0.216. The summed E-state index contributed by atoms with van der Waals surface area (Å²) in [5, 5.41) is 19.7. The van der Waals surface area contributed by atoms with Gasteiger partial charge in [-0.1, -0.05) is 13.8 Å². The van der Waals surface area contributed by atoms with E-state index >= 15 is 0 Å². The number of carbonyl (C=O) groups excluding carboxylic acids is 1. The zero-order valence-electron chi connectivity index (χ0n) is 11.1. The predicted molar refractivity (Wildman–Crippen MR) is 70.8 cm³/mol. The van der Waals surface area contributed by atoms with Crippen LogP contribution in [0.3, 0.4) is 0 Å². The average Bonchev–Trinajstić information content (AvgIpc) is 2.84. The number of aliphatic hydroxyl groups excluding tert-OH is 1. The number of nitrogens with one attached hydrogen (secondary N) is 1. The lowest BCUT2D eigenvalue weighted by molar-refractivity contribution is 0.0908. The first-order valence-corrected chi connectivity index (χ1v) is 6.31. The highest BCUT2D eigenvalue weighted by Crippen LogP contribution is 2.07. The Morgan fingerprint density at radius 1 is 1.47 bits per heavy atom. The van der Waals surface area contributed by atoms with Gasteiger partial charge in [0.05, 0.1) is 18.2 Å². The molecule has 1 amide bonds. The summed E-state index contributed by atoms with van der Waals surface area (Å²) in [6, 6.07) is 3.21. The average molecular weight is 262 g/mol. The van der Waals surface area contributed by atoms with Gasteiger partial charge in [0.15, 0.2) is 5.65 Å². The van der Waals surface area contributed by atoms with E-state index in [9.17, 15) is 9.90 Å². The van der Waals surface area contributed by atoms with E-state index in [1.165, 1.54) is 0 Å². The highest BCUT2D eigenvalue weighted by atomic mass is 16.3. The molecule has 1 unspecified atom stereocenters. The number of nitrogens with zero attached hydrogens (tertiary/aromatic N) is 3. The second kappa shape index (κ2) is 5.79. The van der Waals surface area contributed by atoms with E-state index in [1.807, 2.05) is 0 Å². The lowest BCUT2D eigenvalue weighted by Gasteiger charge is -2.18. The molecule has 1 atom stereocenters. The number of rotatable bonds is 5. The third kappa shape index (κ3) is 3.29. The van der Waals surface area contributed by atoms with Gasteiger partial charge in [0.25, 0.3) is 5.91 Å². The van der Waals surface area contributed by atoms with Crippen molar-refractivity contribution in [1.82, 2.24) is 19.9 Å². The quantitative estimate of drug-likeness (QED) is 0.837. The van der Waals surface area contributed by atoms with Crippen LogP contribution in [0.1, 0.15) is 30.6 Å². The second-order valence-electron chi connectivity index (χ2n) is 5.00. The third-order valence-electron chi connectivity index (χ3n) is 2.86. The fourth-order valence-corrected chi connectivity index (χ4v) is 1.98. The first-order valence-electron chi connectivity index (χ1n) is 6.31. The molecule has 0 radical (unpaired) electrons. The fraction of sp³-hybridized carbons (Fsp3) is 0.462. The van der Waals surface area contributed by atoms with E-state index in [1.54, 1.807) is 29.1 Å². The number of pyridine rings is 1. The Morgan fingerprint density at radius 2 is 2.26 bits per heavy atom. The van der Waals surface area contributed by atoms with Crippen LogP contribution in [-0.2, 0) is 0 Å². The summed E-state index contributed by atoms with van der Waals surface area (Å²) in [4.78, 5) is 12.1. The van der Waals surface area contributed by atoms with Crippen LogP contribution in [-0.4, -0.2) is 38.3 Å². The zero-order chi connectivity index (χ0) is 13.8. The van der Waals surface area contributed by atoms with Crippen molar-refractivity contribution in [2.24, 2.45) is 5.92 Å². The van der Waals surface area contributed by atoms with Crippen molar-refractivity contribution in [3.8, 4) is 0 Å². The molecule has 0 aromatic carbocycles. The van der Waals surface area contributed by atoms with Crippen LogP contribution in [0.15, 0.2) is 24.7 Å². The minimum absolute atomic E-state index is 0.0568. The molecular weight excluding hydrogens is 244 g/mol. The number of aliphatic hydroxyl groups is 1. The maximum atomic E-state index is 12.1. The first-order chi connectivity index (χ1) is 9.10. The molecule has 0 saturated heterocycles. The van der Waals surface area contributed by atoms with E-state index in [0.29, 0.717) is 17.1 Å².